The molecule has 0 bridgehead atoms. The van der Waals surface area contributed by atoms with Crippen LogP contribution in [0.5, 0.6) is 11.5 Å². The first-order chi connectivity index (χ1) is 12.0. The molecular weight excluding hydrogens is 318 g/mol. The first kappa shape index (κ1) is 16.9. The van der Waals surface area contributed by atoms with E-state index in [1.54, 1.807) is 38.7 Å². The molecule has 130 valence electrons. The largest absolute Gasteiger partial charge is 0.497 e. The summed E-state index contributed by atoms with van der Waals surface area (Å²) in [5.41, 5.74) is 4.60. The van der Waals surface area contributed by atoms with Gasteiger partial charge in [0.25, 0.3) is 0 Å². The van der Waals surface area contributed by atoms with Gasteiger partial charge in [0.2, 0.25) is 5.91 Å². The third-order valence-corrected chi connectivity index (χ3v) is 4.33. The third-order valence-electron chi connectivity index (χ3n) is 4.33. The second-order valence-corrected chi connectivity index (χ2v) is 5.97. The summed E-state index contributed by atoms with van der Waals surface area (Å²) in [4.78, 5) is 12.4. The SMILES string of the molecule is COc1cc(NC(=O)Cc2coc3c(C)c(C)ccc23)cc(OC)c1. The summed E-state index contributed by atoms with van der Waals surface area (Å²) >= 11 is 0. The van der Waals surface area contributed by atoms with Gasteiger partial charge in [-0.2, -0.15) is 0 Å². The van der Waals surface area contributed by atoms with Crippen LogP contribution in [0.4, 0.5) is 5.69 Å². The van der Waals surface area contributed by atoms with Crippen molar-refractivity contribution in [3.05, 3.63) is 53.3 Å². The molecule has 0 atom stereocenters. The summed E-state index contributed by atoms with van der Waals surface area (Å²) in [6, 6.07) is 9.30. The molecule has 1 heterocycles. The number of furan rings is 1. The topological polar surface area (TPSA) is 60.7 Å². The summed E-state index contributed by atoms with van der Waals surface area (Å²) in [6.45, 7) is 4.06. The molecule has 5 heteroatoms. The Morgan fingerprint density at radius 3 is 2.40 bits per heavy atom. The van der Waals surface area contributed by atoms with Crippen LogP contribution < -0.4 is 14.8 Å². The third kappa shape index (κ3) is 3.45. The molecule has 0 spiro atoms. The van der Waals surface area contributed by atoms with Crippen LogP contribution in [0.1, 0.15) is 16.7 Å². The zero-order chi connectivity index (χ0) is 18.0. The molecule has 3 rings (SSSR count). The minimum absolute atomic E-state index is 0.128. The number of anilines is 1. The first-order valence-corrected chi connectivity index (χ1v) is 8.01. The number of fused-ring (bicyclic) bond motifs is 1. The summed E-state index contributed by atoms with van der Waals surface area (Å²) in [5.74, 6) is 1.11. The van der Waals surface area contributed by atoms with Crippen LogP contribution >= 0.6 is 0 Å². The summed E-state index contributed by atoms with van der Waals surface area (Å²) < 4.78 is 16.1. The number of hydrogen-bond acceptors (Lipinski definition) is 4. The lowest BCUT2D eigenvalue weighted by Crippen LogP contribution is -2.14. The monoisotopic (exact) mass is 339 g/mol. The quantitative estimate of drug-likeness (QED) is 0.755. The Labute approximate surface area is 146 Å². The van der Waals surface area contributed by atoms with Crippen molar-refractivity contribution in [1.82, 2.24) is 0 Å². The Morgan fingerprint density at radius 1 is 1.08 bits per heavy atom. The normalized spacial score (nSPS) is 10.7. The van der Waals surface area contributed by atoms with Gasteiger partial charge in [0.15, 0.2) is 0 Å². The number of rotatable bonds is 5. The number of amides is 1. The molecule has 0 saturated heterocycles. The van der Waals surface area contributed by atoms with Gasteiger partial charge in [-0.1, -0.05) is 12.1 Å². The van der Waals surface area contributed by atoms with Crippen molar-refractivity contribution >= 4 is 22.6 Å². The maximum atomic E-state index is 12.4. The van der Waals surface area contributed by atoms with E-state index < -0.39 is 0 Å². The zero-order valence-electron chi connectivity index (χ0n) is 14.8. The van der Waals surface area contributed by atoms with E-state index in [0.717, 1.165) is 22.1 Å². The number of aryl methyl sites for hydroxylation is 2. The predicted molar refractivity (Wildman–Crippen MR) is 97.6 cm³/mol. The van der Waals surface area contributed by atoms with E-state index in [4.69, 9.17) is 13.9 Å². The van der Waals surface area contributed by atoms with Crippen molar-refractivity contribution in [2.75, 3.05) is 19.5 Å². The van der Waals surface area contributed by atoms with E-state index in [9.17, 15) is 4.79 Å². The van der Waals surface area contributed by atoms with Gasteiger partial charge in [-0.15, -0.1) is 0 Å². The van der Waals surface area contributed by atoms with Crippen LogP contribution in [0.3, 0.4) is 0 Å². The van der Waals surface area contributed by atoms with E-state index in [0.29, 0.717) is 17.2 Å². The smallest absolute Gasteiger partial charge is 0.228 e. The molecule has 25 heavy (non-hydrogen) atoms. The second-order valence-electron chi connectivity index (χ2n) is 5.97. The Hall–Kier alpha value is -2.95. The van der Waals surface area contributed by atoms with Crippen molar-refractivity contribution < 1.29 is 18.7 Å². The minimum atomic E-state index is -0.128. The number of nitrogens with one attached hydrogen (secondary N) is 1. The molecule has 0 aliphatic heterocycles. The van der Waals surface area contributed by atoms with Crippen LogP contribution in [0, 0.1) is 13.8 Å². The number of carbonyl (C=O) groups excluding carboxylic acids is 1. The van der Waals surface area contributed by atoms with Crippen molar-refractivity contribution in [3.8, 4) is 11.5 Å². The average molecular weight is 339 g/mol. The number of hydrogen-bond donors (Lipinski definition) is 1. The van der Waals surface area contributed by atoms with Gasteiger partial charge in [-0.05, 0) is 25.0 Å². The van der Waals surface area contributed by atoms with E-state index >= 15 is 0 Å². The van der Waals surface area contributed by atoms with E-state index in [1.165, 1.54) is 5.56 Å². The van der Waals surface area contributed by atoms with Crippen LogP contribution in [0.2, 0.25) is 0 Å². The fraction of sp³-hybridized carbons (Fsp3) is 0.250. The van der Waals surface area contributed by atoms with Crippen LogP contribution in [-0.4, -0.2) is 20.1 Å². The molecule has 0 aliphatic rings. The molecule has 0 radical (unpaired) electrons. The van der Waals surface area contributed by atoms with Gasteiger partial charge >= 0.3 is 0 Å². The maximum absolute atomic E-state index is 12.4. The van der Waals surface area contributed by atoms with Gasteiger partial charge in [-0.25, -0.2) is 0 Å². The highest BCUT2D eigenvalue weighted by atomic mass is 16.5. The highest BCUT2D eigenvalue weighted by molar-refractivity contribution is 5.96. The fourth-order valence-corrected chi connectivity index (χ4v) is 2.78. The molecule has 0 aliphatic carbocycles. The summed E-state index contributed by atoms with van der Waals surface area (Å²) in [7, 11) is 3.14. The predicted octanol–water partition coefficient (Wildman–Crippen LogP) is 4.25. The molecule has 5 nitrogen and oxygen atoms in total. The molecule has 0 unspecified atom stereocenters. The molecule has 0 saturated carbocycles. The first-order valence-electron chi connectivity index (χ1n) is 8.01. The maximum Gasteiger partial charge on any atom is 0.228 e. The van der Waals surface area contributed by atoms with E-state index in [1.807, 2.05) is 26.0 Å². The second kappa shape index (κ2) is 6.89. The zero-order valence-corrected chi connectivity index (χ0v) is 14.8. The van der Waals surface area contributed by atoms with Crippen molar-refractivity contribution in [1.29, 1.82) is 0 Å². The van der Waals surface area contributed by atoms with Gasteiger partial charge in [0, 0.05) is 34.8 Å². The van der Waals surface area contributed by atoms with Gasteiger partial charge < -0.3 is 19.2 Å². The van der Waals surface area contributed by atoms with Gasteiger partial charge in [-0.3, -0.25) is 4.79 Å². The number of methoxy groups -OCH3 is 2. The molecular formula is C20H21NO4. The Balaban J connectivity index is 1.81. The van der Waals surface area contributed by atoms with Crippen molar-refractivity contribution in [3.63, 3.8) is 0 Å². The van der Waals surface area contributed by atoms with E-state index in [2.05, 4.69) is 5.32 Å². The molecule has 1 amide bonds. The Bertz CT molecular complexity index is 905. The lowest BCUT2D eigenvalue weighted by atomic mass is 10.0. The summed E-state index contributed by atoms with van der Waals surface area (Å²) in [5, 5.41) is 3.85. The Morgan fingerprint density at radius 2 is 1.76 bits per heavy atom. The van der Waals surface area contributed by atoms with Crippen molar-refractivity contribution in [2.24, 2.45) is 0 Å². The fourth-order valence-electron chi connectivity index (χ4n) is 2.78. The molecule has 2 aromatic carbocycles. The lowest BCUT2D eigenvalue weighted by Gasteiger charge is -2.09. The Kier molecular flexibility index (Phi) is 4.65. The number of ether oxygens (including phenoxy) is 2. The number of carbonyl (C=O) groups is 1. The van der Waals surface area contributed by atoms with Crippen LogP contribution in [-0.2, 0) is 11.2 Å². The van der Waals surface area contributed by atoms with Crippen molar-refractivity contribution in [2.45, 2.75) is 20.3 Å². The molecule has 3 aromatic rings. The standard InChI is InChI=1S/C20H21NO4/c1-12-5-6-18-14(11-25-20(18)13(12)2)7-19(22)21-15-8-16(23-3)10-17(9-15)24-4/h5-6,8-11H,7H2,1-4H3,(H,21,22). The van der Waals surface area contributed by atoms with Gasteiger partial charge in [0.1, 0.15) is 17.1 Å². The molecule has 1 N–H and O–H groups in total. The van der Waals surface area contributed by atoms with Crippen LogP contribution in [0.15, 0.2) is 41.0 Å². The molecule has 0 fully saturated rings. The van der Waals surface area contributed by atoms with Gasteiger partial charge in [0.05, 0.1) is 26.9 Å². The van der Waals surface area contributed by atoms with E-state index in [-0.39, 0.29) is 12.3 Å². The lowest BCUT2D eigenvalue weighted by molar-refractivity contribution is -0.115. The minimum Gasteiger partial charge on any atom is -0.497 e. The highest BCUT2D eigenvalue weighted by Gasteiger charge is 2.13. The average Bonchev–Trinajstić information content (AvgIpc) is 3.01. The highest BCUT2D eigenvalue weighted by Crippen LogP contribution is 2.28. The van der Waals surface area contributed by atoms with Crippen LogP contribution in [0.25, 0.3) is 11.0 Å². The summed E-state index contributed by atoms with van der Waals surface area (Å²) in [6.07, 6.45) is 1.89. The number of benzene rings is 2. The molecule has 1 aromatic heterocycles.